The van der Waals surface area contributed by atoms with Crippen LogP contribution in [0.2, 0.25) is 25.7 Å². The molecule has 1 N–H and O–H groups in total. The van der Waals surface area contributed by atoms with Gasteiger partial charge in [-0.2, -0.15) is 13.2 Å². The Hall–Kier alpha value is -3.72. The maximum Gasteiger partial charge on any atom is 0.419 e. The molecular formula is C27H37F3N8O3Si. The minimum Gasteiger partial charge on any atom is -0.366 e. The molecule has 228 valence electrons. The molecule has 1 amide bonds. The first-order valence-corrected chi connectivity index (χ1v) is 17.5. The lowest BCUT2D eigenvalue weighted by Crippen LogP contribution is -2.49. The summed E-state index contributed by atoms with van der Waals surface area (Å²) in [5.41, 5.74) is -0.561. The van der Waals surface area contributed by atoms with Crippen molar-refractivity contribution >= 4 is 25.7 Å². The van der Waals surface area contributed by atoms with E-state index >= 15 is 0 Å². The molecule has 15 heteroatoms. The van der Waals surface area contributed by atoms with Crippen molar-refractivity contribution in [2.75, 3.05) is 43.0 Å². The van der Waals surface area contributed by atoms with Gasteiger partial charge in [0, 0.05) is 84.3 Å². The van der Waals surface area contributed by atoms with Crippen LogP contribution in [-0.4, -0.2) is 81.8 Å². The smallest absolute Gasteiger partial charge is 0.366 e. The first-order chi connectivity index (χ1) is 19.8. The van der Waals surface area contributed by atoms with E-state index in [1.807, 2.05) is 17.7 Å². The fourth-order valence-corrected chi connectivity index (χ4v) is 5.12. The highest BCUT2D eigenvalue weighted by atomic mass is 28.3. The summed E-state index contributed by atoms with van der Waals surface area (Å²) in [6.07, 6.45) is 2.12. The lowest BCUT2D eigenvalue weighted by molar-refractivity contribution is -0.138. The van der Waals surface area contributed by atoms with Crippen LogP contribution in [0.4, 0.5) is 24.9 Å². The number of nitrogens with one attached hydrogen (secondary N) is 1. The SMILES string of the molecule is C[C@@H](Cn1ccc(C(=O)N2CCN(c3ncc(C(F)(F)F)cn3)CC2)c1)Nc1cc(=O)n(COCC[Si](C)(C)C)cn1. The molecule has 0 spiro atoms. The Morgan fingerprint density at radius 1 is 1.12 bits per heavy atom. The zero-order chi connectivity index (χ0) is 30.5. The summed E-state index contributed by atoms with van der Waals surface area (Å²) in [6.45, 7) is 11.7. The van der Waals surface area contributed by atoms with Crippen LogP contribution in [0, 0.1) is 0 Å². The predicted octanol–water partition coefficient (Wildman–Crippen LogP) is 3.63. The number of halogens is 3. The van der Waals surface area contributed by atoms with E-state index in [4.69, 9.17) is 4.74 Å². The van der Waals surface area contributed by atoms with Crippen molar-refractivity contribution in [3.63, 3.8) is 0 Å². The molecule has 0 radical (unpaired) electrons. The van der Waals surface area contributed by atoms with Gasteiger partial charge >= 0.3 is 6.18 Å². The van der Waals surface area contributed by atoms with Gasteiger partial charge in [-0.25, -0.2) is 15.0 Å². The third kappa shape index (κ3) is 8.64. The van der Waals surface area contributed by atoms with Crippen LogP contribution in [0.1, 0.15) is 22.8 Å². The van der Waals surface area contributed by atoms with E-state index in [0.29, 0.717) is 50.7 Å². The standard InChI is InChI=1S/C27H37F3N8O3Si/c1-20(34-23-13-24(39)38(18-33-23)19-41-11-12-42(2,3)4)16-35-6-5-21(17-35)25(40)36-7-9-37(10-8-36)26-31-14-22(15-32-26)27(28,29)30/h5-6,13-15,17-18,20,34H,7-12,16,19H2,1-4H3/t20-/m0/s1. The van der Waals surface area contributed by atoms with Crippen molar-refractivity contribution in [1.82, 2.24) is 29.0 Å². The van der Waals surface area contributed by atoms with Crippen molar-refractivity contribution < 1.29 is 22.7 Å². The van der Waals surface area contributed by atoms with Gasteiger partial charge in [-0.05, 0) is 19.0 Å². The minimum atomic E-state index is -4.49. The molecule has 4 rings (SSSR count). The van der Waals surface area contributed by atoms with E-state index in [1.165, 1.54) is 17.0 Å². The van der Waals surface area contributed by atoms with Gasteiger partial charge in [0.2, 0.25) is 5.95 Å². The molecule has 1 atom stereocenters. The summed E-state index contributed by atoms with van der Waals surface area (Å²) in [6, 6.07) is 4.14. The van der Waals surface area contributed by atoms with Gasteiger partial charge in [0.1, 0.15) is 18.9 Å². The molecule has 1 fully saturated rings. The number of aromatic nitrogens is 5. The van der Waals surface area contributed by atoms with Crippen LogP contribution in [0.25, 0.3) is 0 Å². The third-order valence-corrected chi connectivity index (χ3v) is 8.50. The Morgan fingerprint density at radius 2 is 1.81 bits per heavy atom. The van der Waals surface area contributed by atoms with Crippen LogP contribution >= 0.6 is 0 Å². The van der Waals surface area contributed by atoms with Crippen molar-refractivity contribution in [3.05, 3.63) is 64.7 Å². The number of hydrogen-bond donors (Lipinski definition) is 1. The Balaban J connectivity index is 1.24. The number of rotatable bonds is 11. The first kappa shape index (κ1) is 31.2. The molecule has 4 heterocycles. The summed E-state index contributed by atoms with van der Waals surface area (Å²) in [5, 5.41) is 3.22. The van der Waals surface area contributed by atoms with Gasteiger partial charge in [0.15, 0.2) is 0 Å². The highest BCUT2D eigenvalue weighted by molar-refractivity contribution is 6.76. The zero-order valence-corrected chi connectivity index (χ0v) is 25.3. The van der Waals surface area contributed by atoms with Crippen LogP contribution < -0.4 is 15.8 Å². The zero-order valence-electron chi connectivity index (χ0n) is 24.3. The van der Waals surface area contributed by atoms with Gasteiger partial charge < -0.3 is 24.4 Å². The maximum atomic E-state index is 13.1. The third-order valence-electron chi connectivity index (χ3n) is 6.80. The second-order valence-electron chi connectivity index (χ2n) is 11.6. The molecule has 0 aliphatic carbocycles. The van der Waals surface area contributed by atoms with Crippen LogP contribution in [0.15, 0.2) is 48.0 Å². The van der Waals surface area contributed by atoms with Crippen molar-refractivity contribution in [3.8, 4) is 0 Å². The second kappa shape index (κ2) is 13.1. The van der Waals surface area contributed by atoms with Gasteiger partial charge in [-0.15, -0.1) is 0 Å². The summed E-state index contributed by atoms with van der Waals surface area (Å²) in [4.78, 5) is 41.0. The highest BCUT2D eigenvalue weighted by Gasteiger charge is 2.32. The molecule has 11 nitrogen and oxygen atoms in total. The van der Waals surface area contributed by atoms with E-state index in [9.17, 15) is 22.8 Å². The van der Waals surface area contributed by atoms with Gasteiger partial charge in [-0.1, -0.05) is 19.6 Å². The number of nitrogens with zero attached hydrogens (tertiary/aromatic N) is 7. The predicted molar refractivity (Wildman–Crippen MR) is 155 cm³/mol. The van der Waals surface area contributed by atoms with Crippen molar-refractivity contribution in [2.45, 2.75) is 58.1 Å². The summed E-state index contributed by atoms with van der Waals surface area (Å²) < 4.78 is 47.3. The van der Waals surface area contributed by atoms with Crippen molar-refractivity contribution in [1.29, 1.82) is 0 Å². The van der Waals surface area contributed by atoms with Gasteiger partial charge in [0.25, 0.3) is 11.5 Å². The molecule has 1 saturated heterocycles. The van der Waals surface area contributed by atoms with E-state index in [2.05, 4.69) is 39.9 Å². The number of hydrogen-bond acceptors (Lipinski definition) is 8. The van der Waals surface area contributed by atoms with Gasteiger partial charge in [-0.3, -0.25) is 14.2 Å². The molecule has 42 heavy (non-hydrogen) atoms. The molecule has 0 bridgehead atoms. The largest absolute Gasteiger partial charge is 0.419 e. The molecule has 1 aliphatic rings. The number of alkyl halides is 3. The maximum absolute atomic E-state index is 13.1. The summed E-state index contributed by atoms with van der Waals surface area (Å²) in [5.74, 6) is 0.546. The Morgan fingerprint density at radius 3 is 2.43 bits per heavy atom. The summed E-state index contributed by atoms with van der Waals surface area (Å²) >= 11 is 0. The number of piperazine rings is 1. The normalized spacial score (nSPS) is 15.1. The summed E-state index contributed by atoms with van der Waals surface area (Å²) in [7, 11) is -1.20. The monoisotopic (exact) mass is 606 g/mol. The Kier molecular flexibility index (Phi) is 9.71. The van der Waals surface area contributed by atoms with E-state index < -0.39 is 19.8 Å². The number of carbonyl (C=O) groups is 1. The Bertz CT molecular complexity index is 1400. The number of ether oxygens (including phenoxy) is 1. The lowest BCUT2D eigenvalue weighted by atomic mass is 10.2. The molecular weight excluding hydrogens is 569 g/mol. The number of anilines is 2. The average molecular weight is 607 g/mol. The molecule has 0 aromatic carbocycles. The topological polar surface area (TPSA) is 110 Å². The fraction of sp³-hybridized carbons (Fsp3) is 0.519. The molecule has 1 aliphatic heterocycles. The molecule has 0 unspecified atom stereocenters. The van der Waals surface area contributed by atoms with E-state index in [0.717, 1.165) is 18.4 Å². The lowest BCUT2D eigenvalue weighted by Gasteiger charge is -2.34. The van der Waals surface area contributed by atoms with Crippen molar-refractivity contribution in [2.24, 2.45) is 0 Å². The molecule has 3 aromatic heterocycles. The average Bonchev–Trinajstić information content (AvgIpc) is 3.39. The van der Waals surface area contributed by atoms with Crippen LogP contribution in [0.5, 0.6) is 0 Å². The fourth-order valence-electron chi connectivity index (χ4n) is 4.36. The van der Waals surface area contributed by atoms with Crippen LogP contribution in [0.3, 0.4) is 0 Å². The van der Waals surface area contributed by atoms with Gasteiger partial charge in [0.05, 0.1) is 11.1 Å². The molecule has 3 aromatic rings. The number of amides is 1. The Labute approximate surface area is 243 Å². The van der Waals surface area contributed by atoms with E-state index in [1.54, 1.807) is 22.1 Å². The van der Waals surface area contributed by atoms with Crippen LogP contribution in [-0.2, 0) is 24.2 Å². The first-order valence-electron chi connectivity index (χ1n) is 13.8. The van der Waals surface area contributed by atoms with E-state index in [-0.39, 0.29) is 30.2 Å². The number of carbonyl (C=O) groups excluding carboxylic acids is 1. The minimum absolute atomic E-state index is 0.0802. The quantitative estimate of drug-likeness (QED) is 0.260. The molecule has 0 saturated carbocycles. The highest BCUT2D eigenvalue weighted by Crippen LogP contribution is 2.28. The second-order valence-corrected chi connectivity index (χ2v) is 17.2.